The van der Waals surface area contributed by atoms with Crippen LogP contribution in [0.5, 0.6) is 0 Å². The van der Waals surface area contributed by atoms with Gasteiger partial charge in [0.2, 0.25) is 0 Å². The molecule has 0 N–H and O–H groups in total. The van der Waals surface area contributed by atoms with Crippen LogP contribution in [0.4, 0.5) is 0 Å². The minimum atomic E-state index is 1.21. The maximum absolute atomic E-state index is 4.53. The van der Waals surface area contributed by atoms with Crippen LogP contribution in [0.2, 0.25) is 0 Å². The summed E-state index contributed by atoms with van der Waals surface area (Å²) in [5.74, 6) is 0. The van der Waals surface area contributed by atoms with Gasteiger partial charge in [0, 0.05) is 11.6 Å². The van der Waals surface area contributed by atoms with Crippen LogP contribution >= 0.6 is 0 Å². The molecule has 1 aliphatic rings. The van der Waals surface area contributed by atoms with Crippen molar-refractivity contribution in [1.29, 1.82) is 0 Å². The van der Waals surface area contributed by atoms with Crippen molar-refractivity contribution in [3.8, 4) is 0 Å². The number of aromatic nitrogens is 1. The lowest BCUT2D eigenvalue weighted by Crippen LogP contribution is -1.92. The van der Waals surface area contributed by atoms with Gasteiger partial charge in [0.1, 0.15) is 0 Å². The van der Waals surface area contributed by atoms with E-state index in [-0.39, 0.29) is 0 Å². The van der Waals surface area contributed by atoms with E-state index in [1.165, 1.54) is 53.3 Å². The summed E-state index contributed by atoms with van der Waals surface area (Å²) in [5, 5.41) is 1.44. The van der Waals surface area contributed by atoms with Gasteiger partial charge in [-0.25, -0.2) is 0 Å². The Morgan fingerprint density at radius 2 is 1.73 bits per heavy atom. The summed E-state index contributed by atoms with van der Waals surface area (Å²) in [5.41, 5.74) is 5.51. The quantitative estimate of drug-likeness (QED) is 0.630. The molecular weight excluding hydrogens is 182 g/mol. The molecule has 1 aromatic carbocycles. The van der Waals surface area contributed by atoms with Crippen LogP contribution in [0.15, 0.2) is 24.4 Å². The molecule has 0 amide bonds. The standard InChI is InChI=1S/C14H15N/c1-10-6-7-11-4-2-3-5-12-8-9-15-14(10)13(11)12/h6-9H,2-5H2,1H3. The van der Waals surface area contributed by atoms with Crippen molar-refractivity contribution in [2.24, 2.45) is 0 Å². The van der Waals surface area contributed by atoms with Crippen molar-refractivity contribution >= 4 is 10.9 Å². The van der Waals surface area contributed by atoms with Gasteiger partial charge >= 0.3 is 0 Å². The van der Waals surface area contributed by atoms with Gasteiger partial charge in [-0.05, 0) is 55.4 Å². The zero-order valence-electron chi connectivity index (χ0n) is 9.09. The van der Waals surface area contributed by atoms with Crippen molar-refractivity contribution in [2.75, 3.05) is 0 Å². The molecule has 2 aromatic rings. The predicted octanol–water partition coefficient (Wildman–Crippen LogP) is 3.42. The average Bonchev–Trinajstić information content (AvgIpc) is 2.47. The normalized spacial score (nSPS) is 15.3. The van der Waals surface area contributed by atoms with E-state index in [4.69, 9.17) is 0 Å². The van der Waals surface area contributed by atoms with Crippen LogP contribution < -0.4 is 0 Å². The van der Waals surface area contributed by atoms with Gasteiger partial charge in [-0.15, -0.1) is 0 Å². The maximum atomic E-state index is 4.53. The van der Waals surface area contributed by atoms with Gasteiger partial charge in [-0.3, -0.25) is 4.98 Å². The van der Waals surface area contributed by atoms with Crippen LogP contribution in [0, 0.1) is 6.92 Å². The van der Waals surface area contributed by atoms with E-state index in [0.29, 0.717) is 0 Å². The van der Waals surface area contributed by atoms with Gasteiger partial charge in [-0.1, -0.05) is 12.1 Å². The molecule has 1 aliphatic carbocycles. The fourth-order valence-corrected chi connectivity index (χ4v) is 2.59. The Kier molecular flexibility index (Phi) is 1.98. The molecule has 1 aromatic heterocycles. The molecule has 15 heavy (non-hydrogen) atoms. The Balaban J connectivity index is 2.44. The molecule has 76 valence electrons. The van der Waals surface area contributed by atoms with E-state index in [1.54, 1.807) is 0 Å². The molecule has 0 atom stereocenters. The summed E-state index contributed by atoms with van der Waals surface area (Å²) >= 11 is 0. The minimum Gasteiger partial charge on any atom is -0.256 e. The third kappa shape index (κ3) is 1.34. The lowest BCUT2D eigenvalue weighted by atomic mass is 9.99. The van der Waals surface area contributed by atoms with Crippen molar-refractivity contribution in [3.05, 3.63) is 41.1 Å². The number of aryl methyl sites for hydroxylation is 3. The van der Waals surface area contributed by atoms with Crippen molar-refractivity contribution in [2.45, 2.75) is 32.6 Å². The largest absolute Gasteiger partial charge is 0.256 e. The van der Waals surface area contributed by atoms with Gasteiger partial charge in [0.05, 0.1) is 5.52 Å². The summed E-state index contributed by atoms with van der Waals surface area (Å²) < 4.78 is 0. The number of hydrogen-bond acceptors (Lipinski definition) is 1. The Hall–Kier alpha value is -1.37. The second-order valence-corrected chi connectivity index (χ2v) is 4.44. The monoisotopic (exact) mass is 197 g/mol. The Labute approximate surface area is 90.2 Å². The minimum absolute atomic E-state index is 1.21. The SMILES string of the molecule is Cc1ccc2c3c(ccnc13)CCCC2. The van der Waals surface area contributed by atoms with E-state index in [0.717, 1.165) is 0 Å². The molecule has 0 unspecified atom stereocenters. The van der Waals surface area contributed by atoms with Crippen molar-refractivity contribution < 1.29 is 0 Å². The Morgan fingerprint density at radius 3 is 2.53 bits per heavy atom. The fraction of sp³-hybridized carbons (Fsp3) is 0.357. The first-order valence-corrected chi connectivity index (χ1v) is 5.72. The van der Waals surface area contributed by atoms with Crippen LogP contribution in [0.1, 0.15) is 29.5 Å². The van der Waals surface area contributed by atoms with Crippen LogP contribution in [-0.4, -0.2) is 4.98 Å². The van der Waals surface area contributed by atoms with Gasteiger partial charge in [0.15, 0.2) is 0 Å². The summed E-state index contributed by atoms with van der Waals surface area (Å²) in [4.78, 5) is 4.53. The molecule has 0 bridgehead atoms. The third-order valence-electron chi connectivity index (χ3n) is 3.41. The average molecular weight is 197 g/mol. The smallest absolute Gasteiger partial charge is 0.0736 e. The number of nitrogens with zero attached hydrogens (tertiary/aromatic N) is 1. The second kappa shape index (κ2) is 3.34. The van der Waals surface area contributed by atoms with Gasteiger partial charge in [-0.2, -0.15) is 0 Å². The molecular formula is C14H15N. The second-order valence-electron chi connectivity index (χ2n) is 4.44. The molecule has 0 fully saturated rings. The first-order chi connectivity index (χ1) is 7.36. The summed E-state index contributed by atoms with van der Waals surface area (Å²) in [6.07, 6.45) is 7.02. The first-order valence-electron chi connectivity index (χ1n) is 5.72. The van der Waals surface area contributed by atoms with E-state index >= 15 is 0 Å². The highest BCUT2D eigenvalue weighted by Gasteiger charge is 2.12. The Bertz CT molecular complexity index is 502. The number of hydrogen-bond donors (Lipinski definition) is 0. The van der Waals surface area contributed by atoms with Gasteiger partial charge in [0.25, 0.3) is 0 Å². The number of pyridine rings is 1. The first kappa shape index (κ1) is 8.90. The van der Waals surface area contributed by atoms with Crippen LogP contribution in [0.3, 0.4) is 0 Å². The zero-order chi connectivity index (χ0) is 10.3. The van der Waals surface area contributed by atoms with E-state index in [1.807, 2.05) is 6.20 Å². The topological polar surface area (TPSA) is 12.9 Å². The van der Waals surface area contributed by atoms with Crippen molar-refractivity contribution in [1.82, 2.24) is 4.98 Å². The lowest BCUT2D eigenvalue weighted by Gasteiger charge is -2.08. The molecule has 0 aliphatic heterocycles. The maximum Gasteiger partial charge on any atom is 0.0736 e. The highest BCUT2D eigenvalue weighted by Crippen LogP contribution is 2.29. The number of rotatable bonds is 0. The molecule has 0 radical (unpaired) electrons. The summed E-state index contributed by atoms with van der Waals surface area (Å²) in [7, 11) is 0. The number of benzene rings is 1. The molecule has 0 saturated carbocycles. The molecule has 1 heteroatoms. The molecule has 0 saturated heterocycles. The zero-order valence-corrected chi connectivity index (χ0v) is 9.09. The molecule has 1 nitrogen and oxygen atoms in total. The van der Waals surface area contributed by atoms with Crippen molar-refractivity contribution in [3.63, 3.8) is 0 Å². The van der Waals surface area contributed by atoms with Crippen LogP contribution in [0.25, 0.3) is 10.9 Å². The molecule has 0 spiro atoms. The predicted molar refractivity (Wildman–Crippen MR) is 63.1 cm³/mol. The van der Waals surface area contributed by atoms with Gasteiger partial charge < -0.3 is 0 Å². The summed E-state index contributed by atoms with van der Waals surface area (Å²) in [6, 6.07) is 6.69. The van der Waals surface area contributed by atoms with Crippen LogP contribution in [-0.2, 0) is 12.8 Å². The summed E-state index contributed by atoms with van der Waals surface area (Å²) in [6.45, 7) is 2.15. The highest BCUT2D eigenvalue weighted by atomic mass is 14.7. The Morgan fingerprint density at radius 1 is 1.00 bits per heavy atom. The fourth-order valence-electron chi connectivity index (χ4n) is 2.59. The van der Waals surface area contributed by atoms with E-state index in [9.17, 15) is 0 Å². The molecule has 3 rings (SSSR count). The lowest BCUT2D eigenvalue weighted by molar-refractivity contribution is 0.752. The van der Waals surface area contributed by atoms with E-state index in [2.05, 4.69) is 30.1 Å². The highest BCUT2D eigenvalue weighted by molar-refractivity contribution is 5.88. The van der Waals surface area contributed by atoms with E-state index < -0.39 is 0 Å². The third-order valence-corrected chi connectivity index (χ3v) is 3.41. The molecule has 1 heterocycles.